The average molecular weight is 354 g/mol. The number of thiazole rings is 1. The maximum Gasteiger partial charge on any atom is 0.270 e. The van der Waals surface area contributed by atoms with Crippen LogP contribution in [-0.2, 0) is 6.54 Å². The Bertz CT molecular complexity index is 882. The van der Waals surface area contributed by atoms with E-state index in [9.17, 15) is 14.9 Å². The summed E-state index contributed by atoms with van der Waals surface area (Å²) in [6.45, 7) is 0.332. The Morgan fingerprint density at radius 3 is 2.68 bits per heavy atom. The normalized spacial score (nSPS) is 10.2. The molecule has 0 spiro atoms. The molecular weight excluding hydrogens is 340 g/mol. The Morgan fingerprint density at radius 1 is 1.20 bits per heavy atom. The summed E-state index contributed by atoms with van der Waals surface area (Å²) in [5, 5.41) is 19.2. The first-order valence-corrected chi connectivity index (χ1v) is 8.28. The lowest BCUT2D eigenvalue weighted by Gasteiger charge is -2.11. The summed E-state index contributed by atoms with van der Waals surface area (Å²) >= 11 is 1.37. The summed E-state index contributed by atoms with van der Waals surface area (Å²) in [5.74, 6) is -0.397. The lowest BCUT2D eigenvalue weighted by Crippen LogP contribution is -2.23. The van der Waals surface area contributed by atoms with Crippen LogP contribution in [0.3, 0.4) is 0 Å². The van der Waals surface area contributed by atoms with Crippen molar-refractivity contribution in [2.75, 3.05) is 5.32 Å². The van der Waals surface area contributed by atoms with E-state index in [1.807, 2.05) is 30.3 Å². The molecule has 25 heavy (non-hydrogen) atoms. The highest BCUT2D eigenvalue weighted by molar-refractivity contribution is 7.13. The molecule has 2 aromatic carbocycles. The molecular formula is C17H14N4O3S. The van der Waals surface area contributed by atoms with Gasteiger partial charge in [-0.1, -0.05) is 30.3 Å². The first-order valence-electron chi connectivity index (χ1n) is 7.40. The van der Waals surface area contributed by atoms with Gasteiger partial charge in [-0.25, -0.2) is 4.98 Å². The van der Waals surface area contributed by atoms with Crippen LogP contribution < -0.4 is 10.6 Å². The fourth-order valence-corrected chi connectivity index (χ4v) is 2.76. The summed E-state index contributed by atoms with van der Waals surface area (Å²) in [6.07, 6.45) is 1.63. The highest BCUT2D eigenvalue weighted by Gasteiger charge is 2.17. The number of nitrogens with one attached hydrogen (secondary N) is 2. The maximum atomic E-state index is 12.6. The Labute approximate surface area is 147 Å². The number of nitro benzene ring substituents is 1. The highest BCUT2D eigenvalue weighted by atomic mass is 32.1. The van der Waals surface area contributed by atoms with E-state index in [0.29, 0.717) is 17.4 Å². The quantitative estimate of drug-likeness (QED) is 0.519. The molecule has 126 valence electrons. The molecule has 0 saturated heterocycles. The van der Waals surface area contributed by atoms with E-state index in [4.69, 9.17) is 0 Å². The number of carbonyl (C=O) groups is 1. The zero-order valence-electron chi connectivity index (χ0n) is 13.0. The van der Waals surface area contributed by atoms with Crippen molar-refractivity contribution in [2.45, 2.75) is 6.54 Å². The van der Waals surface area contributed by atoms with E-state index >= 15 is 0 Å². The van der Waals surface area contributed by atoms with Gasteiger partial charge in [-0.05, 0) is 11.6 Å². The van der Waals surface area contributed by atoms with E-state index in [2.05, 4.69) is 15.6 Å². The molecule has 1 aromatic heterocycles. The molecule has 0 bridgehead atoms. The molecule has 8 heteroatoms. The molecule has 0 aliphatic carbocycles. The highest BCUT2D eigenvalue weighted by Crippen LogP contribution is 2.26. The first-order chi connectivity index (χ1) is 12.1. The molecule has 2 N–H and O–H groups in total. The zero-order chi connectivity index (χ0) is 17.6. The van der Waals surface area contributed by atoms with Gasteiger partial charge < -0.3 is 10.6 Å². The zero-order valence-corrected chi connectivity index (χ0v) is 13.8. The molecule has 0 unspecified atom stereocenters. The number of hydrogen-bond acceptors (Lipinski definition) is 6. The SMILES string of the molecule is O=C(NCc1ccccc1)c1cc([N+](=O)[O-])ccc1Nc1nccs1. The fraction of sp³-hybridized carbons (Fsp3) is 0.0588. The van der Waals surface area contributed by atoms with Crippen LogP contribution in [0.1, 0.15) is 15.9 Å². The predicted octanol–water partition coefficient (Wildman–Crippen LogP) is 3.72. The van der Waals surface area contributed by atoms with Gasteiger partial charge in [0.2, 0.25) is 0 Å². The Hall–Kier alpha value is -3.26. The molecule has 1 heterocycles. The molecule has 3 rings (SSSR count). The van der Waals surface area contributed by atoms with Crippen LogP contribution in [0.4, 0.5) is 16.5 Å². The second-order valence-corrected chi connectivity index (χ2v) is 6.01. The third-order valence-corrected chi connectivity index (χ3v) is 4.12. The van der Waals surface area contributed by atoms with Crippen LogP contribution in [0.15, 0.2) is 60.1 Å². The lowest BCUT2D eigenvalue weighted by molar-refractivity contribution is -0.384. The summed E-state index contributed by atoms with van der Waals surface area (Å²) in [7, 11) is 0. The average Bonchev–Trinajstić information content (AvgIpc) is 3.14. The van der Waals surface area contributed by atoms with Crippen LogP contribution in [0.2, 0.25) is 0 Å². The summed E-state index contributed by atoms with van der Waals surface area (Å²) in [5.41, 5.74) is 1.46. The molecule has 0 fully saturated rings. The van der Waals surface area contributed by atoms with Gasteiger partial charge in [0.05, 0.1) is 16.2 Å². The number of rotatable bonds is 6. The molecule has 0 aliphatic heterocycles. The van der Waals surface area contributed by atoms with Crippen molar-refractivity contribution in [2.24, 2.45) is 0 Å². The summed E-state index contributed by atoms with van der Waals surface area (Å²) in [4.78, 5) is 27.2. The second kappa shape index (κ2) is 7.54. The van der Waals surface area contributed by atoms with Gasteiger partial charge >= 0.3 is 0 Å². The summed E-state index contributed by atoms with van der Waals surface area (Å²) < 4.78 is 0. The van der Waals surface area contributed by atoms with Crippen LogP contribution in [0, 0.1) is 10.1 Å². The smallest absolute Gasteiger partial charge is 0.270 e. The molecule has 7 nitrogen and oxygen atoms in total. The van der Waals surface area contributed by atoms with Gasteiger partial charge in [0, 0.05) is 30.3 Å². The van der Waals surface area contributed by atoms with Crippen LogP contribution in [0.5, 0.6) is 0 Å². The van der Waals surface area contributed by atoms with Gasteiger partial charge in [0.25, 0.3) is 11.6 Å². The van der Waals surface area contributed by atoms with Crippen molar-refractivity contribution in [3.05, 3.63) is 81.3 Å². The topological polar surface area (TPSA) is 97.2 Å². The molecule has 0 radical (unpaired) electrons. The minimum absolute atomic E-state index is 0.144. The van der Waals surface area contributed by atoms with Crippen molar-refractivity contribution in [1.82, 2.24) is 10.3 Å². The number of carbonyl (C=O) groups excluding carboxylic acids is 1. The van der Waals surface area contributed by atoms with E-state index in [0.717, 1.165) is 5.56 Å². The Morgan fingerprint density at radius 2 is 2.00 bits per heavy atom. The van der Waals surface area contributed by atoms with Crippen molar-refractivity contribution in [3.8, 4) is 0 Å². The van der Waals surface area contributed by atoms with Gasteiger partial charge in [-0.2, -0.15) is 0 Å². The third-order valence-electron chi connectivity index (χ3n) is 3.43. The maximum absolute atomic E-state index is 12.6. The minimum Gasteiger partial charge on any atom is -0.348 e. The molecule has 0 atom stereocenters. The fourth-order valence-electron chi connectivity index (χ4n) is 2.22. The number of non-ortho nitro benzene ring substituents is 1. The Balaban J connectivity index is 1.84. The second-order valence-electron chi connectivity index (χ2n) is 5.12. The van der Waals surface area contributed by atoms with Crippen molar-refractivity contribution in [1.29, 1.82) is 0 Å². The molecule has 3 aromatic rings. The van der Waals surface area contributed by atoms with Crippen molar-refractivity contribution < 1.29 is 9.72 Å². The molecule has 0 saturated carbocycles. The molecule has 0 aliphatic rings. The minimum atomic E-state index is -0.527. The largest absolute Gasteiger partial charge is 0.348 e. The number of anilines is 2. The van der Waals surface area contributed by atoms with Gasteiger partial charge in [-0.15, -0.1) is 11.3 Å². The number of amides is 1. The monoisotopic (exact) mass is 354 g/mol. The number of benzene rings is 2. The third kappa shape index (κ3) is 4.18. The van der Waals surface area contributed by atoms with Gasteiger partial charge in [-0.3, -0.25) is 14.9 Å². The van der Waals surface area contributed by atoms with Crippen LogP contribution in [-0.4, -0.2) is 15.8 Å². The van der Waals surface area contributed by atoms with E-state index in [1.165, 1.54) is 29.5 Å². The van der Waals surface area contributed by atoms with Crippen molar-refractivity contribution in [3.63, 3.8) is 0 Å². The summed E-state index contributed by atoms with van der Waals surface area (Å²) in [6, 6.07) is 13.6. The Kier molecular flexibility index (Phi) is 5.00. The lowest BCUT2D eigenvalue weighted by atomic mass is 10.1. The van der Waals surface area contributed by atoms with E-state index < -0.39 is 10.8 Å². The van der Waals surface area contributed by atoms with Crippen molar-refractivity contribution >= 4 is 33.8 Å². The van der Waals surface area contributed by atoms with Gasteiger partial charge in [0.1, 0.15) is 0 Å². The number of aromatic nitrogens is 1. The standard InChI is InChI=1S/C17H14N4O3S/c22-16(19-11-12-4-2-1-3-5-12)14-10-13(21(23)24)6-7-15(14)20-17-18-8-9-25-17/h1-10H,11H2,(H,18,20)(H,19,22). The number of nitro groups is 1. The molecule has 1 amide bonds. The van der Waals surface area contributed by atoms with E-state index in [1.54, 1.807) is 11.6 Å². The van der Waals surface area contributed by atoms with Crippen LogP contribution in [0.25, 0.3) is 0 Å². The van der Waals surface area contributed by atoms with Gasteiger partial charge in [0.15, 0.2) is 5.13 Å². The number of nitrogens with zero attached hydrogens (tertiary/aromatic N) is 2. The van der Waals surface area contributed by atoms with E-state index in [-0.39, 0.29) is 11.3 Å². The number of hydrogen-bond donors (Lipinski definition) is 2. The first kappa shape index (κ1) is 16.6. The van der Waals surface area contributed by atoms with Crippen LogP contribution >= 0.6 is 11.3 Å². The predicted molar refractivity (Wildman–Crippen MR) is 96.1 cm³/mol.